The zero-order valence-electron chi connectivity index (χ0n) is 13.7. The molecule has 0 radical (unpaired) electrons. The SMILES string of the molecule is CC(C)(C)c1ccccc1OCC(=O)NC(CO)c1ccco1. The van der Waals surface area contributed by atoms with E-state index in [1.165, 1.54) is 6.26 Å². The van der Waals surface area contributed by atoms with Crippen LogP contribution in [0.4, 0.5) is 0 Å². The van der Waals surface area contributed by atoms with Crippen molar-refractivity contribution in [1.82, 2.24) is 5.32 Å². The predicted octanol–water partition coefficient (Wildman–Crippen LogP) is 2.81. The molecule has 1 unspecified atom stereocenters. The molecule has 0 aliphatic heterocycles. The largest absolute Gasteiger partial charge is 0.483 e. The van der Waals surface area contributed by atoms with Gasteiger partial charge in [0.05, 0.1) is 12.9 Å². The average molecular weight is 317 g/mol. The Balaban J connectivity index is 1.97. The van der Waals surface area contributed by atoms with Crippen molar-refractivity contribution in [2.45, 2.75) is 32.2 Å². The number of aliphatic hydroxyl groups excluding tert-OH is 1. The van der Waals surface area contributed by atoms with Crippen LogP contribution in [0.2, 0.25) is 0 Å². The van der Waals surface area contributed by atoms with Crippen LogP contribution in [0.15, 0.2) is 47.1 Å². The van der Waals surface area contributed by atoms with E-state index in [0.29, 0.717) is 11.5 Å². The first-order chi connectivity index (χ1) is 10.9. The lowest BCUT2D eigenvalue weighted by Gasteiger charge is -2.22. The zero-order valence-corrected chi connectivity index (χ0v) is 13.7. The first-order valence-corrected chi connectivity index (χ1v) is 7.57. The second-order valence-corrected chi connectivity index (χ2v) is 6.35. The Bertz CT molecular complexity index is 629. The molecule has 1 aromatic carbocycles. The van der Waals surface area contributed by atoms with Crippen LogP contribution in [0.3, 0.4) is 0 Å². The van der Waals surface area contributed by atoms with E-state index in [2.05, 4.69) is 26.1 Å². The van der Waals surface area contributed by atoms with Crippen LogP contribution in [0.5, 0.6) is 5.75 Å². The number of amides is 1. The van der Waals surface area contributed by atoms with Crippen LogP contribution in [0, 0.1) is 0 Å². The molecule has 2 rings (SSSR count). The maximum absolute atomic E-state index is 12.1. The molecule has 124 valence electrons. The number of aliphatic hydroxyl groups is 1. The number of nitrogens with one attached hydrogen (secondary N) is 1. The Kier molecular flexibility index (Phi) is 5.45. The predicted molar refractivity (Wildman–Crippen MR) is 87.3 cm³/mol. The molecule has 0 spiro atoms. The molecule has 1 amide bonds. The summed E-state index contributed by atoms with van der Waals surface area (Å²) in [5.74, 6) is 0.883. The van der Waals surface area contributed by atoms with Gasteiger partial charge in [0.25, 0.3) is 5.91 Å². The summed E-state index contributed by atoms with van der Waals surface area (Å²) in [6.45, 7) is 5.91. The van der Waals surface area contributed by atoms with E-state index in [1.807, 2.05) is 24.3 Å². The molecule has 0 fully saturated rings. The minimum atomic E-state index is -0.570. The highest BCUT2D eigenvalue weighted by atomic mass is 16.5. The molecule has 0 saturated carbocycles. The Morgan fingerprint density at radius 1 is 1.26 bits per heavy atom. The minimum Gasteiger partial charge on any atom is -0.483 e. The number of para-hydroxylation sites is 1. The highest BCUT2D eigenvalue weighted by Gasteiger charge is 2.20. The zero-order chi connectivity index (χ0) is 16.9. The number of rotatable bonds is 6. The topological polar surface area (TPSA) is 71.7 Å². The average Bonchev–Trinajstić information content (AvgIpc) is 3.04. The normalized spacial score (nSPS) is 12.7. The number of hydrogen-bond donors (Lipinski definition) is 2. The fourth-order valence-electron chi connectivity index (χ4n) is 2.29. The third-order valence-electron chi connectivity index (χ3n) is 3.46. The number of carbonyl (C=O) groups is 1. The van der Waals surface area contributed by atoms with E-state index in [9.17, 15) is 9.90 Å². The third kappa shape index (κ3) is 4.60. The Labute approximate surface area is 136 Å². The summed E-state index contributed by atoms with van der Waals surface area (Å²) >= 11 is 0. The summed E-state index contributed by atoms with van der Waals surface area (Å²) in [4.78, 5) is 12.1. The van der Waals surface area contributed by atoms with Gasteiger partial charge in [-0.2, -0.15) is 0 Å². The van der Waals surface area contributed by atoms with Crippen molar-refractivity contribution in [3.63, 3.8) is 0 Å². The summed E-state index contributed by atoms with van der Waals surface area (Å²) in [5, 5.41) is 12.1. The summed E-state index contributed by atoms with van der Waals surface area (Å²) < 4.78 is 10.9. The Morgan fingerprint density at radius 2 is 2.00 bits per heavy atom. The van der Waals surface area contributed by atoms with Crippen molar-refractivity contribution < 1.29 is 19.1 Å². The smallest absolute Gasteiger partial charge is 0.258 e. The van der Waals surface area contributed by atoms with E-state index in [-0.39, 0.29) is 24.5 Å². The van der Waals surface area contributed by atoms with E-state index >= 15 is 0 Å². The molecule has 0 bridgehead atoms. The van der Waals surface area contributed by atoms with E-state index in [4.69, 9.17) is 9.15 Å². The van der Waals surface area contributed by atoms with Crippen molar-refractivity contribution in [3.8, 4) is 5.75 Å². The number of furan rings is 1. The molecular formula is C18H23NO4. The van der Waals surface area contributed by atoms with Crippen molar-refractivity contribution in [2.24, 2.45) is 0 Å². The number of carbonyl (C=O) groups excluding carboxylic acids is 1. The Morgan fingerprint density at radius 3 is 2.61 bits per heavy atom. The minimum absolute atomic E-state index is 0.0745. The quantitative estimate of drug-likeness (QED) is 0.859. The molecule has 23 heavy (non-hydrogen) atoms. The van der Waals surface area contributed by atoms with Gasteiger partial charge in [-0.05, 0) is 29.2 Å². The molecule has 2 N–H and O–H groups in total. The second-order valence-electron chi connectivity index (χ2n) is 6.35. The molecule has 0 aliphatic rings. The molecule has 1 heterocycles. The second kappa shape index (κ2) is 7.33. The van der Waals surface area contributed by atoms with Crippen molar-refractivity contribution in [2.75, 3.05) is 13.2 Å². The van der Waals surface area contributed by atoms with E-state index < -0.39 is 6.04 Å². The molecule has 0 aliphatic carbocycles. The van der Waals surface area contributed by atoms with Crippen molar-refractivity contribution >= 4 is 5.91 Å². The van der Waals surface area contributed by atoms with Crippen molar-refractivity contribution in [3.05, 3.63) is 54.0 Å². The lowest BCUT2D eigenvalue weighted by Crippen LogP contribution is -2.34. The van der Waals surface area contributed by atoms with E-state index in [0.717, 1.165) is 5.56 Å². The van der Waals surface area contributed by atoms with Gasteiger partial charge in [0.15, 0.2) is 6.61 Å². The molecule has 1 aromatic heterocycles. The molecule has 5 heteroatoms. The van der Waals surface area contributed by atoms with Gasteiger partial charge in [0.2, 0.25) is 0 Å². The maximum atomic E-state index is 12.1. The third-order valence-corrected chi connectivity index (χ3v) is 3.46. The molecular weight excluding hydrogens is 294 g/mol. The number of hydrogen-bond acceptors (Lipinski definition) is 4. The van der Waals surface area contributed by atoms with Gasteiger partial charge in [-0.1, -0.05) is 39.0 Å². The van der Waals surface area contributed by atoms with Crippen LogP contribution in [-0.4, -0.2) is 24.2 Å². The van der Waals surface area contributed by atoms with Crippen LogP contribution < -0.4 is 10.1 Å². The van der Waals surface area contributed by atoms with Gasteiger partial charge in [-0.15, -0.1) is 0 Å². The molecule has 0 saturated heterocycles. The lowest BCUT2D eigenvalue weighted by molar-refractivity contribution is -0.124. The first-order valence-electron chi connectivity index (χ1n) is 7.57. The lowest BCUT2D eigenvalue weighted by atomic mass is 9.86. The van der Waals surface area contributed by atoms with Gasteiger partial charge < -0.3 is 19.6 Å². The van der Waals surface area contributed by atoms with Gasteiger partial charge in [0, 0.05) is 0 Å². The maximum Gasteiger partial charge on any atom is 0.258 e. The molecule has 5 nitrogen and oxygen atoms in total. The number of benzene rings is 1. The van der Waals surface area contributed by atoms with Crippen LogP contribution >= 0.6 is 0 Å². The fourth-order valence-corrected chi connectivity index (χ4v) is 2.29. The number of ether oxygens (including phenoxy) is 1. The van der Waals surface area contributed by atoms with Crippen LogP contribution in [-0.2, 0) is 10.2 Å². The standard InChI is InChI=1S/C18H23NO4/c1-18(2,3)13-7-4-5-8-15(13)23-12-17(21)19-14(11-20)16-9-6-10-22-16/h4-10,14,20H,11-12H2,1-3H3,(H,19,21). The fraction of sp³-hybridized carbons (Fsp3) is 0.389. The van der Waals surface area contributed by atoms with Gasteiger partial charge in [0.1, 0.15) is 17.6 Å². The van der Waals surface area contributed by atoms with E-state index in [1.54, 1.807) is 12.1 Å². The van der Waals surface area contributed by atoms with Gasteiger partial charge in [-0.25, -0.2) is 0 Å². The molecule has 2 aromatic rings. The Hall–Kier alpha value is -2.27. The van der Waals surface area contributed by atoms with Crippen LogP contribution in [0.1, 0.15) is 38.1 Å². The van der Waals surface area contributed by atoms with Crippen molar-refractivity contribution in [1.29, 1.82) is 0 Å². The highest BCUT2D eigenvalue weighted by molar-refractivity contribution is 5.78. The summed E-state index contributed by atoms with van der Waals surface area (Å²) in [7, 11) is 0. The van der Waals surface area contributed by atoms with Gasteiger partial charge >= 0.3 is 0 Å². The summed E-state index contributed by atoms with van der Waals surface area (Å²) in [6, 6.07) is 10.5. The van der Waals surface area contributed by atoms with Crippen LogP contribution in [0.25, 0.3) is 0 Å². The van der Waals surface area contributed by atoms with Gasteiger partial charge in [-0.3, -0.25) is 4.79 Å². The monoisotopic (exact) mass is 317 g/mol. The summed E-state index contributed by atoms with van der Waals surface area (Å²) in [5.41, 5.74) is 0.965. The summed E-state index contributed by atoms with van der Waals surface area (Å²) in [6.07, 6.45) is 1.50. The molecule has 1 atom stereocenters. The first kappa shape index (κ1) is 17.1. The highest BCUT2D eigenvalue weighted by Crippen LogP contribution is 2.30.